The number of benzene rings is 2. The molecule has 0 amide bonds. The van der Waals surface area contributed by atoms with Crippen molar-refractivity contribution in [2.45, 2.75) is 6.42 Å². The van der Waals surface area contributed by atoms with Gasteiger partial charge in [-0.25, -0.2) is 0 Å². The number of para-hydroxylation sites is 1. The molecule has 96 valence electrons. The summed E-state index contributed by atoms with van der Waals surface area (Å²) in [4.78, 5) is 2.27. The summed E-state index contributed by atoms with van der Waals surface area (Å²) >= 11 is 0. The summed E-state index contributed by atoms with van der Waals surface area (Å²) in [7, 11) is 0.711. The molecule has 0 bridgehead atoms. The highest BCUT2D eigenvalue weighted by Crippen LogP contribution is 2.34. The quantitative estimate of drug-likeness (QED) is 0.793. The van der Waals surface area contributed by atoms with Crippen molar-refractivity contribution in [1.29, 1.82) is 0 Å². The lowest BCUT2D eigenvalue weighted by atomic mass is 10.1. The zero-order valence-electron chi connectivity index (χ0n) is 11.0. The summed E-state index contributed by atoms with van der Waals surface area (Å²) < 4.78 is 5.79. The summed E-state index contributed by atoms with van der Waals surface area (Å²) in [5.41, 5.74) is 3.80. The first-order chi connectivity index (χ1) is 9.40. The molecule has 0 aliphatic carbocycles. The van der Waals surface area contributed by atoms with Crippen molar-refractivity contribution in [2.75, 3.05) is 11.4 Å². The van der Waals surface area contributed by atoms with Crippen LogP contribution in [0, 0.1) is 0 Å². The topological polar surface area (TPSA) is 12.5 Å². The Morgan fingerprint density at radius 1 is 0.895 bits per heavy atom. The Morgan fingerprint density at radius 2 is 1.53 bits per heavy atom. The standard InChI is InChI=1S/C16H17NOSi/c19-18-16-15(13-7-3-1-4-8-13)11-12-17(16)14-9-5-2-6-10-14/h1-10H,11-12H2,19H3. The van der Waals surface area contributed by atoms with E-state index in [0.717, 1.165) is 18.8 Å². The monoisotopic (exact) mass is 267 g/mol. The molecule has 2 nitrogen and oxygen atoms in total. The van der Waals surface area contributed by atoms with Crippen molar-refractivity contribution < 1.29 is 4.43 Å². The van der Waals surface area contributed by atoms with Crippen LogP contribution in [0.5, 0.6) is 0 Å². The molecule has 0 saturated heterocycles. The summed E-state index contributed by atoms with van der Waals surface area (Å²) in [5.74, 6) is 1.03. The van der Waals surface area contributed by atoms with Crippen molar-refractivity contribution >= 4 is 21.7 Å². The summed E-state index contributed by atoms with van der Waals surface area (Å²) in [5, 5.41) is 0. The third-order valence-corrected chi connectivity index (χ3v) is 3.86. The molecule has 0 radical (unpaired) electrons. The smallest absolute Gasteiger partial charge is 0.206 e. The molecule has 0 spiro atoms. The molecule has 0 saturated carbocycles. The largest absolute Gasteiger partial charge is 0.541 e. The van der Waals surface area contributed by atoms with Crippen molar-refractivity contribution in [2.24, 2.45) is 0 Å². The van der Waals surface area contributed by atoms with E-state index in [1.165, 1.54) is 16.8 Å². The van der Waals surface area contributed by atoms with Gasteiger partial charge in [0, 0.05) is 17.8 Å². The van der Waals surface area contributed by atoms with Crippen molar-refractivity contribution in [1.82, 2.24) is 0 Å². The Balaban J connectivity index is 2.00. The predicted molar refractivity (Wildman–Crippen MR) is 82.8 cm³/mol. The Morgan fingerprint density at radius 3 is 2.16 bits per heavy atom. The third-order valence-electron chi connectivity index (χ3n) is 3.47. The van der Waals surface area contributed by atoms with E-state index in [-0.39, 0.29) is 0 Å². The highest BCUT2D eigenvalue weighted by atomic mass is 28.2. The van der Waals surface area contributed by atoms with E-state index in [1.807, 2.05) is 6.07 Å². The molecule has 1 heterocycles. The van der Waals surface area contributed by atoms with Crippen LogP contribution in [0.3, 0.4) is 0 Å². The van der Waals surface area contributed by atoms with Crippen LogP contribution in [0.4, 0.5) is 5.69 Å². The lowest BCUT2D eigenvalue weighted by Crippen LogP contribution is -2.19. The summed E-state index contributed by atoms with van der Waals surface area (Å²) in [6.45, 7) is 0.992. The van der Waals surface area contributed by atoms with E-state index in [9.17, 15) is 0 Å². The first-order valence-electron chi connectivity index (χ1n) is 6.55. The van der Waals surface area contributed by atoms with Gasteiger partial charge >= 0.3 is 0 Å². The third kappa shape index (κ3) is 2.29. The fraction of sp³-hybridized carbons (Fsp3) is 0.125. The molecule has 0 unspecified atom stereocenters. The molecular formula is C16H17NOSi. The van der Waals surface area contributed by atoms with Crippen LogP contribution in [0.15, 0.2) is 66.5 Å². The molecule has 0 fully saturated rings. The molecular weight excluding hydrogens is 250 g/mol. The van der Waals surface area contributed by atoms with Crippen LogP contribution in [-0.2, 0) is 4.43 Å². The normalized spacial score (nSPS) is 15.1. The van der Waals surface area contributed by atoms with Crippen LogP contribution in [0.2, 0.25) is 0 Å². The van der Waals surface area contributed by atoms with Gasteiger partial charge in [-0.3, -0.25) is 0 Å². The molecule has 0 atom stereocenters. The average molecular weight is 267 g/mol. The molecule has 1 aliphatic rings. The maximum absolute atomic E-state index is 5.79. The van der Waals surface area contributed by atoms with Crippen LogP contribution in [0.1, 0.15) is 12.0 Å². The minimum Gasteiger partial charge on any atom is -0.541 e. The van der Waals surface area contributed by atoms with E-state index >= 15 is 0 Å². The first kappa shape index (κ1) is 12.1. The van der Waals surface area contributed by atoms with E-state index in [0.29, 0.717) is 10.5 Å². The summed E-state index contributed by atoms with van der Waals surface area (Å²) in [6, 6.07) is 21.0. The fourth-order valence-corrected chi connectivity index (χ4v) is 3.06. The molecule has 0 N–H and O–H groups in total. The van der Waals surface area contributed by atoms with Crippen LogP contribution in [0.25, 0.3) is 5.57 Å². The zero-order chi connectivity index (χ0) is 13.1. The van der Waals surface area contributed by atoms with Gasteiger partial charge in [0.2, 0.25) is 10.5 Å². The first-order valence-corrected chi connectivity index (χ1v) is 7.37. The Labute approximate surface area is 116 Å². The molecule has 3 rings (SSSR count). The van der Waals surface area contributed by atoms with E-state index < -0.39 is 0 Å². The summed E-state index contributed by atoms with van der Waals surface area (Å²) in [6.07, 6.45) is 1.04. The van der Waals surface area contributed by atoms with Crippen LogP contribution < -0.4 is 4.90 Å². The van der Waals surface area contributed by atoms with Gasteiger partial charge in [0.05, 0.1) is 0 Å². The molecule has 19 heavy (non-hydrogen) atoms. The highest BCUT2D eigenvalue weighted by Gasteiger charge is 2.24. The van der Waals surface area contributed by atoms with Crippen LogP contribution >= 0.6 is 0 Å². The SMILES string of the molecule is [SiH3]OC1=C(c2ccccc2)CCN1c1ccccc1. The van der Waals surface area contributed by atoms with Gasteiger partial charge in [-0.2, -0.15) is 0 Å². The van der Waals surface area contributed by atoms with Crippen molar-refractivity contribution in [3.63, 3.8) is 0 Å². The Hall–Kier alpha value is -2.00. The lowest BCUT2D eigenvalue weighted by Gasteiger charge is -2.21. The maximum atomic E-state index is 5.79. The second kappa shape index (κ2) is 5.32. The average Bonchev–Trinajstić information content (AvgIpc) is 2.93. The number of hydrogen-bond acceptors (Lipinski definition) is 2. The highest BCUT2D eigenvalue weighted by molar-refractivity contribution is 6.00. The number of nitrogens with zero attached hydrogens (tertiary/aromatic N) is 1. The van der Waals surface area contributed by atoms with Gasteiger partial charge in [-0.05, 0) is 24.1 Å². The predicted octanol–water partition coefficient (Wildman–Crippen LogP) is 2.56. The van der Waals surface area contributed by atoms with Gasteiger partial charge in [0.15, 0.2) is 5.88 Å². The Kier molecular flexibility index (Phi) is 3.38. The van der Waals surface area contributed by atoms with Gasteiger partial charge in [-0.15, -0.1) is 0 Å². The van der Waals surface area contributed by atoms with E-state index in [2.05, 4.69) is 59.5 Å². The molecule has 0 aromatic heterocycles. The van der Waals surface area contributed by atoms with Gasteiger partial charge in [-0.1, -0.05) is 48.5 Å². The molecule has 2 aromatic carbocycles. The maximum Gasteiger partial charge on any atom is 0.206 e. The van der Waals surface area contributed by atoms with Crippen LogP contribution in [-0.4, -0.2) is 17.0 Å². The molecule has 3 heteroatoms. The lowest BCUT2D eigenvalue weighted by molar-refractivity contribution is 0.459. The molecule has 1 aliphatic heterocycles. The minimum absolute atomic E-state index is 0.711. The molecule has 2 aromatic rings. The second-order valence-corrected chi connectivity index (χ2v) is 5.00. The van der Waals surface area contributed by atoms with E-state index in [4.69, 9.17) is 4.43 Å². The van der Waals surface area contributed by atoms with Crippen molar-refractivity contribution in [3.05, 3.63) is 72.1 Å². The minimum atomic E-state index is 0.711. The zero-order valence-corrected chi connectivity index (χ0v) is 13.0. The van der Waals surface area contributed by atoms with Gasteiger partial charge in [0.1, 0.15) is 0 Å². The van der Waals surface area contributed by atoms with Gasteiger partial charge < -0.3 is 9.33 Å². The Bertz CT molecular complexity index is 580. The van der Waals surface area contributed by atoms with Crippen molar-refractivity contribution in [3.8, 4) is 0 Å². The number of anilines is 1. The number of hydrogen-bond donors (Lipinski definition) is 0. The van der Waals surface area contributed by atoms with Gasteiger partial charge in [0.25, 0.3) is 0 Å². The van der Waals surface area contributed by atoms with E-state index in [1.54, 1.807) is 0 Å². The second-order valence-electron chi connectivity index (χ2n) is 4.59. The number of rotatable bonds is 3. The fourth-order valence-electron chi connectivity index (χ4n) is 2.59.